The van der Waals surface area contributed by atoms with Gasteiger partial charge in [0.25, 0.3) is 0 Å². The van der Waals surface area contributed by atoms with Gasteiger partial charge < -0.3 is 4.74 Å². The van der Waals surface area contributed by atoms with Gasteiger partial charge in [-0.15, -0.1) is 0 Å². The third-order valence-corrected chi connectivity index (χ3v) is 3.30. The number of ether oxygens (including phenoxy) is 1. The Morgan fingerprint density at radius 3 is 2.36 bits per heavy atom. The summed E-state index contributed by atoms with van der Waals surface area (Å²) < 4.78 is 5.29. The smallest absolute Gasteiger partial charge is 0.339 e. The zero-order chi connectivity index (χ0) is 15.9. The third-order valence-electron chi connectivity index (χ3n) is 3.30. The number of para-hydroxylation sites is 1. The molecule has 0 aliphatic rings. The fourth-order valence-electron chi connectivity index (χ4n) is 2.18. The molecule has 2 nitrogen and oxygen atoms in total. The number of hydrogen-bond acceptors (Lipinski definition) is 2. The standard InChI is InChI=1S/C20H18O2/c1-4-16-10-9-11-17(19(16)5-2)14-15(3)20(21)22-18-12-7-6-8-13-18/h4-13H,1-3,14H2. The molecular formula is C20H18O2. The highest BCUT2D eigenvalue weighted by Gasteiger charge is 2.13. The number of esters is 1. The molecule has 0 unspecified atom stereocenters. The van der Waals surface area contributed by atoms with Crippen molar-refractivity contribution in [1.29, 1.82) is 0 Å². The van der Waals surface area contributed by atoms with Gasteiger partial charge in [-0.2, -0.15) is 0 Å². The molecule has 0 spiro atoms. The average molecular weight is 290 g/mol. The second-order valence-electron chi connectivity index (χ2n) is 4.81. The monoisotopic (exact) mass is 290 g/mol. The molecule has 0 aliphatic carbocycles. The van der Waals surface area contributed by atoms with Gasteiger partial charge in [0.2, 0.25) is 0 Å². The molecule has 0 amide bonds. The van der Waals surface area contributed by atoms with Crippen molar-refractivity contribution in [2.45, 2.75) is 6.42 Å². The Hall–Kier alpha value is -2.87. The van der Waals surface area contributed by atoms with Crippen LogP contribution in [0.2, 0.25) is 0 Å². The molecule has 0 bridgehead atoms. The van der Waals surface area contributed by atoms with Crippen LogP contribution in [-0.2, 0) is 11.2 Å². The highest BCUT2D eigenvalue weighted by atomic mass is 16.5. The van der Waals surface area contributed by atoms with E-state index in [9.17, 15) is 4.79 Å². The molecular weight excluding hydrogens is 272 g/mol. The summed E-state index contributed by atoms with van der Waals surface area (Å²) in [6.07, 6.45) is 3.95. The molecule has 0 aromatic heterocycles. The molecule has 2 heteroatoms. The summed E-state index contributed by atoms with van der Waals surface area (Å²) in [4.78, 5) is 12.1. The Labute approximate surface area is 131 Å². The minimum atomic E-state index is -0.426. The van der Waals surface area contributed by atoms with Crippen LogP contribution in [0.4, 0.5) is 0 Å². The van der Waals surface area contributed by atoms with Gasteiger partial charge in [-0.05, 0) is 28.8 Å². The summed E-state index contributed by atoms with van der Waals surface area (Å²) in [7, 11) is 0. The van der Waals surface area contributed by atoms with Gasteiger partial charge in [-0.3, -0.25) is 0 Å². The Morgan fingerprint density at radius 1 is 1.00 bits per heavy atom. The van der Waals surface area contributed by atoms with Crippen LogP contribution < -0.4 is 4.74 Å². The number of carbonyl (C=O) groups excluding carboxylic acids is 1. The van der Waals surface area contributed by atoms with Crippen molar-refractivity contribution in [1.82, 2.24) is 0 Å². The Kier molecular flexibility index (Phi) is 5.10. The van der Waals surface area contributed by atoms with E-state index in [4.69, 9.17) is 4.74 Å². The minimum absolute atomic E-state index is 0.396. The molecule has 0 atom stereocenters. The fraction of sp³-hybridized carbons (Fsp3) is 0.0500. The Bertz CT molecular complexity index is 712. The number of benzene rings is 2. The maximum Gasteiger partial charge on any atom is 0.339 e. The quantitative estimate of drug-likeness (QED) is 0.439. The highest BCUT2D eigenvalue weighted by molar-refractivity contribution is 5.90. The van der Waals surface area contributed by atoms with E-state index >= 15 is 0 Å². The predicted octanol–water partition coefficient (Wildman–Crippen LogP) is 4.68. The van der Waals surface area contributed by atoms with Crippen molar-refractivity contribution in [3.63, 3.8) is 0 Å². The first-order valence-corrected chi connectivity index (χ1v) is 6.97. The van der Waals surface area contributed by atoms with Crippen molar-refractivity contribution in [2.75, 3.05) is 0 Å². The SMILES string of the molecule is C=Cc1cccc(CC(=C)C(=O)Oc2ccccc2)c1C=C. The summed E-state index contributed by atoms with van der Waals surface area (Å²) in [5.41, 5.74) is 3.32. The van der Waals surface area contributed by atoms with Gasteiger partial charge >= 0.3 is 5.97 Å². The first kappa shape index (κ1) is 15.5. The van der Waals surface area contributed by atoms with Crippen LogP contribution in [0.15, 0.2) is 73.8 Å². The van der Waals surface area contributed by atoms with E-state index in [0.29, 0.717) is 17.7 Å². The average Bonchev–Trinajstić information content (AvgIpc) is 2.55. The molecule has 0 radical (unpaired) electrons. The van der Waals surface area contributed by atoms with Crippen molar-refractivity contribution < 1.29 is 9.53 Å². The predicted molar refractivity (Wildman–Crippen MR) is 91.5 cm³/mol. The first-order chi connectivity index (χ1) is 10.7. The normalized spacial score (nSPS) is 9.82. The van der Waals surface area contributed by atoms with Crippen molar-refractivity contribution >= 4 is 18.1 Å². The van der Waals surface area contributed by atoms with Crippen LogP contribution in [0, 0.1) is 0 Å². The Morgan fingerprint density at radius 2 is 1.73 bits per heavy atom. The first-order valence-electron chi connectivity index (χ1n) is 6.97. The molecule has 110 valence electrons. The van der Waals surface area contributed by atoms with Gasteiger partial charge in [0.15, 0.2) is 0 Å². The van der Waals surface area contributed by atoms with E-state index in [1.54, 1.807) is 24.3 Å². The molecule has 0 fully saturated rings. The van der Waals surface area contributed by atoms with Crippen molar-refractivity contribution in [3.8, 4) is 5.75 Å². The van der Waals surface area contributed by atoms with Gasteiger partial charge in [0.05, 0.1) is 0 Å². The number of carbonyl (C=O) groups is 1. The molecule has 2 rings (SSSR count). The molecule has 0 heterocycles. The minimum Gasteiger partial charge on any atom is -0.423 e. The van der Waals surface area contributed by atoms with E-state index < -0.39 is 5.97 Å². The summed E-state index contributed by atoms with van der Waals surface area (Å²) in [6, 6.07) is 14.8. The van der Waals surface area contributed by atoms with Crippen molar-refractivity contribution in [2.24, 2.45) is 0 Å². The third kappa shape index (κ3) is 3.61. The van der Waals surface area contributed by atoms with Gasteiger partial charge in [-0.1, -0.05) is 68.3 Å². The topological polar surface area (TPSA) is 26.3 Å². The lowest BCUT2D eigenvalue weighted by Crippen LogP contribution is -2.12. The molecule has 2 aromatic rings. The van der Waals surface area contributed by atoms with Crippen LogP contribution in [-0.4, -0.2) is 5.97 Å². The molecule has 22 heavy (non-hydrogen) atoms. The zero-order valence-electron chi connectivity index (χ0n) is 12.4. The summed E-state index contributed by atoms with van der Waals surface area (Å²) in [5.74, 6) is 0.0858. The highest BCUT2D eigenvalue weighted by Crippen LogP contribution is 2.21. The fourth-order valence-corrected chi connectivity index (χ4v) is 2.18. The molecule has 0 saturated heterocycles. The van der Waals surface area contributed by atoms with Crippen molar-refractivity contribution in [3.05, 3.63) is 90.5 Å². The lowest BCUT2D eigenvalue weighted by atomic mass is 9.96. The van der Waals surface area contributed by atoms with E-state index in [-0.39, 0.29) is 0 Å². The summed E-state index contributed by atoms with van der Waals surface area (Å²) >= 11 is 0. The summed E-state index contributed by atoms with van der Waals surface area (Å²) in [5, 5.41) is 0. The van der Waals surface area contributed by atoms with E-state index in [1.165, 1.54) is 0 Å². The Balaban J connectivity index is 2.13. The van der Waals surface area contributed by atoms with Crippen LogP contribution in [0.1, 0.15) is 16.7 Å². The lowest BCUT2D eigenvalue weighted by molar-refractivity contribution is -0.130. The maximum atomic E-state index is 12.1. The van der Waals surface area contributed by atoms with Gasteiger partial charge in [-0.25, -0.2) is 4.79 Å². The largest absolute Gasteiger partial charge is 0.423 e. The molecule has 0 saturated carbocycles. The molecule has 0 aliphatic heterocycles. The van der Waals surface area contributed by atoms with Gasteiger partial charge in [0, 0.05) is 12.0 Å². The van der Waals surface area contributed by atoms with Crippen LogP contribution in [0.5, 0.6) is 5.75 Å². The number of rotatable bonds is 6. The molecule has 0 N–H and O–H groups in total. The van der Waals surface area contributed by atoms with Crippen LogP contribution in [0.3, 0.4) is 0 Å². The summed E-state index contributed by atoms with van der Waals surface area (Å²) in [6.45, 7) is 11.5. The lowest BCUT2D eigenvalue weighted by Gasteiger charge is -2.11. The number of hydrogen-bond donors (Lipinski definition) is 0. The molecule has 2 aromatic carbocycles. The zero-order valence-corrected chi connectivity index (χ0v) is 12.4. The van der Waals surface area contributed by atoms with Gasteiger partial charge in [0.1, 0.15) is 5.75 Å². The van der Waals surface area contributed by atoms with Crippen LogP contribution in [0.25, 0.3) is 12.2 Å². The second-order valence-corrected chi connectivity index (χ2v) is 4.81. The van der Waals surface area contributed by atoms with E-state index in [2.05, 4.69) is 19.7 Å². The second kappa shape index (κ2) is 7.23. The van der Waals surface area contributed by atoms with E-state index in [0.717, 1.165) is 16.7 Å². The maximum absolute atomic E-state index is 12.1. The van der Waals surface area contributed by atoms with E-state index in [1.807, 2.05) is 36.4 Å². The van der Waals surface area contributed by atoms with Crippen LogP contribution >= 0.6 is 0 Å².